The lowest BCUT2D eigenvalue weighted by Crippen LogP contribution is -2.13. The Labute approximate surface area is 68.4 Å². The largest absolute Gasteiger partial charge is 0.168 e. The van der Waals surface area contributed by atoms with Gasteiger partial charge in [-0.1, -0.05) is 18.2 Å². The minimum atomic E-state index is 0.0386. The predicted octanol–water partition coefficient (Wildman–Crippen LogP) is 2.97. The van der Waals surface area contributed by atoms with E-state index in [1.54, 1.807) is 0 Å². The SMILES string of the molecule is CC(C)(S)C1=CCCC=C1. The van der Waals surface area contributed by atoms with Gasteiger partial charge in [0.25, 0.3) is 0 Å². The summed E-state index contributed by atoms with van der Waals surface area (Å²) in [6.45, 7) is 4.25. The summed E-state index contributed by atoms with van der Waals surface area (Å²) >= 11 is 4.48. The van der Waals surface area contributed by atoms with Gasteiger partial charge in [-0.2, -0.15) is 12.6 Å². The van der Waals surface area contributed by atoms with Gasteiger partial charge in [0, 0.05) is 4.75 Å². The molecule has 0 radical (unpaired) electrons. The van der Waals surface area contributed by atoms with Crippen molar-refractivity contribution in [2.24, 2.45) is 0 Å². The maximum absolute atomic E-state index is 4.48. The topological polar surface area (TPSA) is 0 Å². The first-order chi connectivity index (χ1) is 4.61. The zero-order chi connectivity index (χ0) is 7.61. The minimum Gasteiger partial charge on any atom is -0.168 e. The first-order valence-corrected chi connectivity index (χ1v) is 4.15. The lowest BCUT2D eigenvalue weighted by molar-refractivity contribution is 0.839. The van der Waals surface area contributed by atoms with Gasteiger partial charge in [0.1, 0.15) is 0 Å². The Bertz CT molecular complexity index is 170. The van der Waals surface area contributed by atoms with Crippen LogP contribution < -0.4 is 0 Å². The molecule has 0 unspecified atom stereocenters. The molecular formula is C9H14S. The van der Waals surface area contributed by atoms with Crippen LogP contribution in [0.2, 0.25) is 0 Å². The second-order valence-corrected chi connectivity index (χ2v) is 4.32. The fourth-order valence-electron chi connectivity index (χ4n) is 1.07. The van der Waals surface area contributed by atoms with Gasteiger partial charge in [0.05, 0.1) is 0 Å². The molecular weight excluding hydrogens is 140 g/mol. The molecule has 1 aliphatic carbocycles. The normalized spacial score (nSPS) is 18.9. The van der Waals surface area contributed by atoms with Crippen molar-refractivity contribution in [1.29, 1.82) is 0 Å². The summed E-state index contributed by atoms with van der Waals surface area (Å²) in [4.78, 5) is 0. The van der Waals surface area contributed by atoms with Crippen molar-refractivity contribution in [2.45, 2.75) is 31.4 Å². The molecule has 0 heterocycles. The van der Waals surface area contributed by atoms with E-state index in [1.807, 2.05) is 0 Å². The van der Waals surface area contributed by atoms with Crippen molar-refractivity contribution in [2.75, 3.05) is 0 Å². The van der Waals surface area contributed by atoms with Crippen LogP contribution in [0, 0.1) is 0 Å². The molecule has 0 saturated heterocycles. The average Bonchev–Trinajstić information content (AvgIpc) is 1.88. The van der Waals surface area contributed by atoms with Gasteiger partial charge in [0.2, 0.25) is 0 Å². The molecule has 10 heavy (non-hydrogen) atoms. The Morgan fingerprint density at radius 1 is 1.40 bits per heavy atom. The monoisotopic (exact) mass is 154 g/mol. The Balaban J connectivity index is 2.73. The lowest BCUT2D eigenvalue weighted by Gasteiger charge is -2.21. The molecule has 0 aromatic rings. The summed E-state index contributed by atoms with van der Waals surface area (Å²) in [5.41, 5.74) is 1.35. The van der Waals surface area contributed by atoms with Crippen molar-refractivity contribution >= 4 is 12.6 Å². The molecule has 1 rings (SSSR count). The first kappa shape index (κ1) is 7.93. The highest BCUT2D eigenvalue weighted by molar-refractivity contribution is 7.82. The maximum atomic E-state index is 4.48. The van der Waals surface area contributed by atoms with E-state index in [-0.39, 0.29) is 4.75 Å². The minimum absolute atomic E-state index is 0.0386. The van der Waals surface area contributed by atoms with Crippen LogP contribution in [0.3, 0.4) is 0 Å². The van der Waals surface area contributed by atoms with Crippen molar-refractivity contribution in [3.8, 4) is 0 Å². The molecule has 0 atom stereocenters. The van der Waals surface area contributed by atoms with Crippen LogP contribution in [0.15, 0.2) is 23.8 Å². The van der Waals surface area contributed by atoms with Gasteiger partial charge < -0.3 is 0 Å². The molecule has 0 aromatic heterocycles. The third kappa shape index (κ3) is 1.91. The Morgan fingerprint density at radius 2 is 2.10 bits per heavy atom. The molecule has 0 aromatic carbocycles. The molecule has 0 aliphatic heterocycles. The summed E-state index contributed by atoms with van der Waals surface area (Å²) in [5.74, 6) is 0. The maximum Gasteiger partial charge on any atom is 0.0318 e. The van der Waals surface area contributed by atoms with Crippen LogP contribution in [0.4, 0.5) is 0 Å². The van der Waals surface area contributed by atoms with E-state index in [4.69, 9.17) is 0 Å². The van der Waals surface area contributed by atoms with Crippen molar-refractivity contribution in [1.82, 2.24) is 0 Å². The Kier molecular flexibility index (Phi) is 2.24. The molecule has 1 aliphatic rings. The number of hydrogen-bond donors (Lipinski definition) is 1. The molecule has 0 amide bonds. The zero-order valence-corrected chi connectivity index (χ0v) is 7.49. The fraction of sp³-hybridized carbons (Fsp3) is 0.556. The summed E-state index contributed by atoms with van der Waals surface area (Å²) < 4.78 is 0.0386. The van der Waals surface area contributed by atoms with Crippen LogP contribution in [0.25, 0.3) is 0 Å². The smallest absolute Gasteiger partial charge is 0.0318 e. The summed E-state index contributed by atoms with van der Waals surface area (Å²) in [5, 5.41) is 0. The second kappa shape index (κ2) is 2.83. The van der Waals surface area contributed by atoms with Gasteiger partial charge in [-0.15, -0.1) is 0 Å². The van der Waals surface area contributed by atoms with Crippen LogP contribution in [-0.4, -0.2) is 4.75 Å². The Morgan fingerprint density at radius 3 is 2.40 bits per heavy atom. The number of hydrogen-bond acceptors (Lipinski definition) is 1. The van der Waals surface area contributed by atoms with E-state index in [0.717, 1.165) is 0 Å². The molecule has 0 spiro atoms. The second-order valence-electron chi connectivity index (χ2n) is 3.20. The van der Waals surface area contributed by atoms with Gasteiger partial charge >= 0.3 is 0 Å². The third-order valence-corrected chi connectivity index (χ3v) is 1.96. The highest BCUT2D eigenvalue weighted by Gasteiger charge is 2.15. The zero-order valence-electron chi connectivity index (χ0n) is 6.59. The molecule has 0 fully saturated rings. The lowest BCUT2D eigenvalue weighted by atomic mass is 9.96. The quantitative estimate of drug-likeness (QED) is 0.551. The van der Waals surface area contributed by atoms with Gasteiger partial charge in [0.15, 0.2) is 0 Å². The van der Waals surface area contributed by atoms with Crippen LogP contribution in [0.5, 0.6) is 0 Å². The fourth-order valence-corrected chi connectivity index (χ4v) is 1.23. The van der Waals surface area contributed by atoms with E-state index in [0.29, 0.717) is 0 Å². The van der Waals surface area contributed by atoms with Crippen LogP contribution in [-0.2, 0) is 0 Å². The average molecular weight is 154 g/mol. The molecule has 56 valence electrons. The van der Waals surface area contributed by atoms with E-state index in [2.05, 4.69) is 44.7 Å². The highest BCUT2D eigenvalue weighted by atomic mass is 32.1. The van der Waals surface area contributed by atoms with Gasteiger partial charge in [-0.05, 0) is 32.3 Å². The van der Waals surface area contributed by atoms with E-state index < -0.39 is 0 Å². The standard InChI is InChI=1S/C9H14S/c1-9(2,10)8-6-4-3-5-7-8/h4,6-7,10H,3,5H2,1-2H3. The van der Waals surface area contributed by atoms with Crippen molar-refractivity contribution in [3.63, 3.8) is 0 Å². The molecule has 0 saturated carbocycles. The summed E-state index contributed by atoms with van der Waals surface area (Å²) in [6, 6.07) is 0. The van der Waals surface area contributed by atoms with E-state index >= 15 is 0 Å². The first-order valence-electron chi connectivity index (χ1n) is 3.70. The van der Waals surface area contributed by atoms with E-state index in [1.165, 1.54) is 18.4 Å². The predicted molar refractivity (Wildman–Crippen MR) is 49.5 cm³/mol. The molecule has 1 heteroatoms. The molecule has 0 bridgehead atoms. The van der Waals surface area contributed by atoms with Crippen LogP contribution in [0.1, 0.15) is 26.7 Å². The Hall–Kier alpha value is -0.170. The van der Waals surface area contributed by atoms with E-state index in [9.17, 15) is 0 Å². The summed E-state index contributed by atoms with van der Waals surface area (Å²) in [6.07, 6.45) is 9.03. The number of thiol groups is 1. The van der Waals surface area contributed by atoms with Crippen molar-refractivity contribution < 1.29 is 0 Å². The summed E-state index contributed by atoms with van der Waals surface area (Å²) in [7, 11) is 0. The van der Waals surface area contributed by atoms with Crippen LogP contribution >= 0.6 is 12.6 Å². The van der Waals surface area contributed by atoms with Crippen molar-refractivity contribution in [3.05, 3.63) is 23.8 Å². The molecule has 0 N–H and O–H groups in total. The van der Waals surface area contributed by atoms with Gasteiger partial charge in [-0.3, -0.25) is 0 Å². The number of rotatable bonds is 1. The van der Waals surface area contributed by atoms with Gasteiger partial charge in [-0.25, -0.2) is 0 Å². The highest BCUT2D eigenvalue weighted by Crippen LogP contribution is 2.27. The number of allylic oxidation sites excluding steroid dienone is 3. The third-order valence-electron chi connectivity index (χ3n) is 1.70. The molecule has 0 nitrogen and oxygen atoms in total.